The van der Waals surface area contributed by atoms with Crippen LogP contribution in [0.5, 0.6) is 0 Å². The number of hydrogen-bond donors (Lipinski definition) is 0. The Balaban J connectivity index is 0.000000159. The number of likely N-dealkylation sites (tertiary alicyclic amines) is 2. The highest BCUT2D eigenvalue weighted by atomic mass is 16.5. The maximum absolute atomic E-state index is 12.6. The Kier molecular flexibility index (Phi) is 9.89. The Hall–Kier alpha value is -5.18. The number of benzene rings is 2. The molecule has 2 saturated heterocycles. The molecule has 0 bridgehead atoms. The number of ketones is 1. The largest absolute Gasteiger partial charge is 0.464 e. The van der Waals surface area contributed by atoms with Gasteiger partial charge in [-0.05, 0) is 48.1 Å². The minimum absolute atomic E-state index is 0.181. The molecular formula is C33H32N4O5. The zero-order chi connectivity index (χ0) is 30.1. The second-order valence-corrected chi connectivity index (χ2v) is 9.55. The Morgan fingerprint density at radius 3 is 1.90 bits per heavy atom. The van der Waals surface area contributed by atoms with Crippen molar-refractivity contribution in [2.24, 2.45) is 5.92 Å². The maximum Gasteiger partial charge on any atom is 0.357 e. The van der Waals surface area contributed by atoms with Crippen molar-refractivity contribution in [2.45, 2.75) is 19.3 Å². The molecule has 9 nitrogen and oxygen atoms in total. The minimum atomic E-state index is -0.633. The Morgan fingerprint density at radius 2 is 1.40 bits per heavy atom. The SMILES string of the molecule is C=CN1CCC(C(=O)c2nccc3ccccc23)C1=O.C=CN1CCCC1=O.COC(=O)c1nccc2ccccc12. The zero-order valence-electron chi connectivity index (χ0n) is 23.4. The van der Waals surface area contributed by atoms with Crippen LogP contribution in [0.1, 0.15) is 40.2 Å². The topological polar surface area (TPSA) is 110 Å². The molecule has 2 aromatic heterocycles. The van der Waals surface area contributed by atoms with E-state index in [2.05, 4.69) is 27.9 Å². The summed E-state index contributed by atoms with van der Waals surface area (Å²) in [6.07, 6.45) is 8.50. The lowest BCUT2D eigenvalue weighted by molar-refractivity contribution is -0.127. The number of rotatable bonds is 5. The first kappa shape index (κ1) is 29.8. The normalized spacial score (nSPS) is 15.9. The van der Waals surface area contributed by atoms with Gasteiger partial charge in [0.05, 0.1) is 7.11 Å². The van der Waals surface area contributed by atoms with Gasteiger partial charge in [-0.25, -0.2) is 9.78 Å². The van der Waals surface area contributed by atoms with Crippen molar-refractivity contribution >= 4 is 45.1 Å². The van der Waals surface area contributed by atoms with E-state index in [0.29, 0.717) is 30.8 Å². The molecule has 42 heavy (non-hydrogen) atoms. The van der Waals surface area contributed by atoms with E-state index >= 15 is 0 Å². The number of fused-ring (bicyclic) bond motifs is 2. The number of hydrogen-bond acceptors (Lipinski definition) is 7. The molecule has 2 fully saturated rings. The van der Waals surface area contributed by atoms with Crippen LogP contribution in [0.3, 0.4) is 0 Å². The number of pyridine rings is 2. The molecule has 0 spiro atoms. The van der Waals surface area contributed by atoms with Crippen molar-refractivity contribution in [3.63, 3.8) is 0 Å². The molecule has 2 aromatic carbocycles. The van der Waals surface area contributed by atoms with Crippen LogP contribution in [0.25, 0.3) is 21.5 Å². The lowest BCUT2D eigenvalue weighted by Gasteiger charge is -2.11. The average Bonchev–Trinajstić information content (AvgIpc) is 3.64. The summed E-state index contributed by atoms with van der Waals surface area (Å²) >= 11 is 0. The lowest BCUT2D eigenvalue weighted by atomic mass is 9.96. The Labute approximate surface area is 244 Å². The van der Waals surface area contributed by atoms with Crippen molar-refractivity contribution < 1.29 is 23.9 Å². The van der Waals surface area contributed by atoms with Crippen LogP contribution >= 0.6 is 0 Å². The smallest absolute Gasteiger partial charge is 0.357 e. The number of esters is 1. The van der Waals surface area contributed by atoms with Gasteiger partial charge in [-0.3, -0.25) is 19.4 Å². The van der Waals surface area contributed by atoms with Crippen LogP contribution in [0, 0.1) is 5.92 Å². The van der Waals surface area contributed by atoms with Crippen LogP contribution in [-0.4, -0.2) is 63.5 Å². The van der Waals surface area contributed by atoms with E-state index in [9.17, 15) is 19.2 Å². The highest BCUT2D eigenvalue weighted by molar-refractivity contribution is 6.15. The zero-order valence-corrected chi connectivity index (χ0v) is 23.4. The van der Waals surface area contributed by atoms with E-state index in [1.165, 1.54) is 18.2 Å². The van der Waals surface area contributed by atoms with Gasteiger partial charge >= 0.3 is 5.97 Å². The molecule has 2 aliphatic heterocycles. The molecule has 1 unspecified atom stereocenters. The molecule has 2 aliphatic rings. The number of aromatic nitrogens is 2. The summed E-state index contributed by atoms with van der Waals surface area (Å²) in [7, 11) is 1.35. The van der Waals surface area contributed by atoms with E-state index in [0.717, 1.165) is 34.5 Å². The number of carbonyl (C=O) groups excluding carboxylic acids is 4. The van der Waals surface area contributed by atoms with Gasteiger partial charge in [-0.2, -0.15) is 0 Å². The fourth-order valence-corrected chi connectivity index (χ4v) is 4.85. The standard InChI is InChI=1S/C16H14N2O2.C11H9NO2.C6H9NO/c1-2-18-10-8-13(16(18)20)15(19)14-12-6-4-3-5-11(12)7-9-17-14;1-14-11(13)10-9-5-3-2-4-8(9)6-7-12-10;1-2-7-5-3-4-6(7)8/h2-7,9,13H,1,8,10H2;2-7H,1H3;2H,1,3-5H2. The molecule has 9 heteroatoms. The van der Waals surface area contributed by atoms with Crippen LogP contribution < -0.4 is 0 Å². The molecule has 0 aliphatic carbocycles. The van der Waals surface area contributed by atoms with Crippen LogP contribution in [-0.2, 0) is 14.3 Å². The molecule has 0 radical (unpaired) electrons. The Morgan fingerprint density at radius 1 is 0.833 bits per heavy atom. The molecule has 0 N–H and O–H groups in total. The van der Waals surface area contributed by atoms with Gasteiger partial charge in [0.1, 0.15) is 11.6 Å². The van der Waals surface area contributed by atoms with Crippen molar-refractivity contribution in [1.29, 1.82) is 0 Å². The summed E-state index contributed by atoms with van der Waals surface area (Å²) in [5, 5.41) is 3.56. The molecule has 1 atom stereocenters. The molecule has 4 heterocycles. The predicted octanol–water partition coefficient (Wildman–Crippen LogP) is 5.18. The van der Waals surface area contributed by atoms with E-state index in [4.69, 9.17) is 0 Å². The second kappa shape index (κ2) is 13.9. The quantitative estimate of drug-likeness (QED) is 0.187. The number of amides is 2. The first-order chi connectivity index (χ1) is 20.4. The summed E-state index contributed by atoms with van der Waals surface area (Å²) < 4.78 is 4.64. The van der Waals surface area contributed by atoms with Crippen LogP contribution in [0.2, 0.25) is 0 Å². The third-order valence-electron chi connectivity index (χ3n) is 7.07. The molecule has 214 valence electrons. The van der Waals surface area contributed by atoms with Gasteiger partial charge in [0.15, 0.2) is 11.5 Å². The van der Waals surface area contributed by atoms with Gasteiger partial charge in [-0.1, -0.05) is 61.7 Å². The third kappa shape index (κ3) is 6.58. The Bertz CT molecular complexity index is 1640. The molecular weight excluding hydrogens is 532 g/mol. The van der Waals surface area contributed by atoms with E-state index in [-0.39, 0.29) is 17.6 Å². The highest BCUT2D eigenvalue weighted by Crippen LogP contribution is 2.25. The van der Waals surface area contributed by atoms with E-state index < -0.39 is 11.9 Å². The van der Waals surface area contributed by atoms with Crippen molar-refractivity contribution in [3.05, 3.63) is 110 Å². The first-order valence-corrected chi connectivity index (χ1v) is 13.5. The molecule has 2 amide bonds. The van der Waals surface area contributed by atoms with Gasteiger partial charge in [0, 0.05) is 42.7 Å². The molecule has 0 saturated carbocycles. The number of nitrogens with zero attached hydrogens (tertiary/aromatic N) is 4. The molecule has 4 aromatic rings. The van der Waals surface area contributed by atoms with Gasteiger partial charge in [0.2, 0.25) is 11.8 Å². The van der Waals surface area contributed by atoms with Gasteiger partial charge in [-0.15, -0.1) is 0 Å². The first-order valence-electron chi connectivity index (χ1n) is 13.5. The maximum atomic E-state index is 12.6. The highest BCUT2D eigenvalue weighted by Gasteiger charge is 2.37. The summed E-state index contributed by atoms with van der Waals surface area (Å²) in [6, 6.07) is 18.9. The summed E-state index contributed by atoms with van der Waals surface area (Å²) in [4.78, 5) is 58.0. The van der Waals surface area contributed by atoms with Gasteiger partial charge < -0.3 is 14.5 Å². The van der Waals surface area contributed by atoms with E-state index in [1.54, 1.807) is 23.5 Å². The second-order valence-electron chi connectivity index (χ2n) is 9.55. The third-order valence-corrected chi connectivity index (χ3v) is 7.07. The summed E-state index contributed by atoms with van der Waals surface area (Å²) in [5.41, 5.74) is 0.748. The lowest BCUT2D eigenvalue weighted by Crippen LogP contribution is -2.27. The fraction of sp³-hybridized carbons (Fsp3) is 0.212. The van der Waals surface area contributed by atoms with Crippen molar-refractivity contribution in [2.75, 3.05) is 20.2 Å². The summed E-state index contributed by atoms with van der Waals surface area (Å²) in [6.45, 7) is 8.49. The number of Topliss-reactive ketones (excluding diaryl/α,β-unsaturated/α-hetero) is 1. The summed E-state index contributed by atoms with van der Waals surface area (Å²) in [5.74, 6) is -1.20. The van der Waals surface area contributed by atoms with Crippen LogP contribution in [0.15, 0.2) is 98.6 Å². The number of ether oxygens (including phenoxy) is 1. The average molecular weight is 565 g/mol. The molecule has 6 rings (SSSR count). The monoisotopic (exact) mass is 564 g/mol. The van der Waals surface area contributed by atoms with E-state index in [1.807, 2.05) is 60.7 Å². The van der Waals surface area contributed by atoms with Gasteiger partial charge in [0.25, 0.3) is 0 Å². The number of methoxy groups -OCH3 is 1. The number of carbonyl (C=O) groups is 4. The van der Waals surface area contributed by atoms with Crippen molar-refractivity contribution in [1.82, 2.24) is 19.8 Å². The minimum Gasteiger partial charge on any atom is -0.464 e. The predicted molar refractivity (Wildman–Crippen MR) is 160 cm³/mol. The van der Waals surface area contributed by atoms with Crippen molar-refractivity contribution in [3.8, 4) is 0 Å². The van der Waals surface area contributed by atoms with Crippen LogP contribution in [0.4, 0.5) is 0 Å². The fourth-order valence-electron chi connectivity index (χ4n) is 4.85.